The Hall–Kier alpha value is -0.620. The van der Waals surface area contributed by atoms with Crippen LogP contribution in [0.1, 0.15) is 25.7 Å². The van der Waals surface area contributed by atoms with Crippen molar-refractivity contribution in [3.8, 4) is 0 Å². The standard InChI is InChI=1S/C7H15N3O2S/c8-7(9)10-5-3-1-2-4-6(5)13(11)12/h5-6H,1-4H2,(H,11,12)(H4,8,9,10)/t5?,6-/m0/s1. The molecular weight excluding hydrogens is 190 g/mol. The van der Waals surface area contributed by atoms with Crippen LogP contribution in [-0.4, -0.2) is 26.0 Å². The van der Waals surface area contributed by atoms with E-state index >= 15 is 0 Å². The molecule has 76 valence electrons. The molecule has 0 spiro atoms. The first-order valence-corrected chi connectivity index (χ1v) is 5.48. The highest BCUT2D eigenvalue weighted by Crippen LogP contribution is 2.21. The Morgan fingerprint density at radius 2 is 2.15 bits per heavy atom. The SMILES string of the molecule is N=C(N)NC1CCCC[C@@H]1S(=O)O. The van der Waals surface area contributed by atoms with Crippen molar-refractivity contribution in [1.82, 2.24) is 5.32 Å². The molecule has 0 heterocycles. The minimum absolute atomic E-state index is 0.114. The Kier molecular flexibility index (Phi) is 3.68. The van der Waals surface area contributed by atoms with Gasteiger partial charge in [0.05, 0.1) is 5.25 Å². The van der Waals surface area contributed by atoms with Crippen LogP contribution >= 0.6 is 0 Å². The van der Waals surface area contributed by atoms with E-state index in [1.165, 1.54) is 0 Å². The van der Waals surface area contributed by atoms with Gasteiger partial charge in [0.25, 0.3) is 0 Å². The van der Waals surface area contributed by atoms with Crippen molar-refractivity contribution in [2.45, 2.75) is 37.0 Å². The summed E-state index contributed by atoms with van der Waals surface area (Å²) >= 11 is -1.81. The molecule has 0 amide bonds. The summed E-state index contributed by atoms with van der Waals surface area (Å²) < 4.78 is 19.9. The van der Waals surface area contributed by atoms with E-state index in [9.17, 15) is 4.21 Å². The predicted octanol–water partition coefficient (Wildman–Crippen LogP) is 0.00237. The second-order valence-corrected chi connectivity index (χ2v) is 4.42. The second kappa shape index (κ2) is 4.57. The maximum Gasteiger partial charge on any atom is 0.185 e. The number of nitrogens with one attached hydrogen (secondary N) is 2. The summed E-state index contributed by atoms with van der Waals surface area (Å²) in [6.07, 6.45) is 3.55. The molecule has 0 saturated heterocycles. The van der Waals surface area contributed by atoms with Gasteiger partial charge in [0.1, 0.15) is 0 Å². The first-order chi connectivity index (χ1) is 6.11. The van der Waals surface area contributed by atoms with Gasteiger partial charge in [-0.25, -0.2) is 4.21 Å². The number of hydrogen-bond acceptors (Lipinski definition) is 2. The minimum atomic E-state index is -1.81. The van der Waals surface area contributed by atoms with E-state index in [2.05, 4.69) is 5.32 Å². The maximum atomic E-state index is 10.9. The van der Waals surface area contributed by atoms with Gasteiger partial charge >= 0.3 is 0 Å². The van der Waals surface area contributed by atoms with Crippen LogP contribution < -0.4 is 11.1 Å². The van der Waals surface area contributed by atoms with E-state index in [4.69, 9.17) is 15.7 Å². The van der Waals surface area contributed by atoms with Crippen molar-refractivity contribution < 1.29 is 8.76 Å². The van der Waals surface area contributed by atoms with Crippen LogP contribution in [0.2, 0.25) is 0 Å². The molecule has 1 rings (SSSR count). The van der Waals surface area contributed by atoms with Gasteiger partial charge in [-0.2, -0.15) is 0 Å². The van der Waals surface area contributed by atoms with Gasteiger partial charge in [0, 0.05) is 6.04 Å². The molecule has 0 aromatic carbocycles. The molecule has 5 N–H and O–H groups in total. The number of nitrogens with two attached hydrogens (primary N) is 1. The Balaban J connectivity index is 2.56. The summed E-state index contributed by atoms with van der Waals surface area (Å²) in [5, 5.41) is 9.49. The van der Waals surface area contributed by atoms with Gasteiger partial charge in [0.2, 0.25) is 0 Å². The molecule has 0 aliphatic heterocycles. The van der Waals surface area contributed by atoms with Crippen LogP contribution in [0.4, 0.5) is 0 Å². The largest absolute Gasteiger partial charge is 0.370 e. The average Bonchev–Trinajstić information content (AvgIpc) is 2.03. The monoisotopic (exact) mass is 205 g/mol. The van der Waals surface area contributed by atoms with Crippen molar-refractivity contribution in [3.05, 3.63) is 0 Å². The lowest BCUT2D eigenvalue weighted by molar-refractivity contribution is 0.400. The lowest BCUT2D eigenvalue weighted by Gasteiger charge is -2.29. The zero-order chi connectivity index (χ0) is 9.84. The highest BCUT2D eigenvalue weighted by Gasteiger charge is 2.29. The first kappa shape index (κ1) is 10.5. The average molecular weight is 205 g/mol. The number of hydrogen-bond donors (Lipinski definition) is 4. The van der Waals surface area contributed by atoms with Crippen LogP contribution in [0, 0.1) is 5.41 Å². The fourth-order valence-corrected chi connectivity index (χ4v) is 2.56. The Labute approximate surface area is 79.9 Å². The third-order valence-corrected chi connectivity index (χ3v) is 3.38. The van der Waals surface area contributed by atoms with E-state index in [0.29, 0.717) is 0 Å². The molecule has 0 radical (unpaired) electrons. The van der Waals surface area contributed by atoms with Gasteiger partial charge in [-0.15, -0.1) is 0 Å². The third-order valence-electron chi connectivity index (χ3n) is 2.30. The quantitative estimate of drug-likeness (QED) is 0.290. The summed E-state index contributed by atoms with van der Waals surface area (Å²) in [5.41, 5.74) is 5.18. The van der Waals surface area contributed by atoms with E-state index in [1.54, 1.807) is 0 Å². The lowest BCUT2D eigenvalue weighted by atomic mass is 9.95. The summed E-state index contributed by atoms with van der Waals surface area (Å²) in [6.45, 7) is 0. The van der Waals surface area contributed by atoms with Gasteiger partial charge in [-0.05, 0) is 12.8 Å². The molecule has 6 heteroatoms. The smallest absolute Gasteiger partial charge is 0.185 e. The molecule has 1 aliphatic carbocycles. The summed E-state index contributed by atoms with van der Waals surface area (Å²) in [6, 6.07) is -0.114. The van der Waals surface area contributed by atoms with Crippen LogP contribution in [0.15, 0.2) is 0 Å². The van der Waals surface area contributed by atoms with E-state index in [0.717, 1.165) is 25.7 Å². The highest BCUT2D eigenvalue weighted by molar-refractivity contribution is 7.80. The fraction of sp³-hybridized carbons (Fsp3) is 0.857. The normalized spacial score (nSPS) is 30.8. The molecule has 0 bridgehead atoms. The van der Waals surface area contributed by atoms with Crippen LogP contribution in [0.3, 0.4) is 0 Å². The van der Waals surface area contributed by atoms with Crippen LogP contribution in [0.25, 0.3) is 0 Å². The molecule has 0 aromatic rings. The van der Waals surface area contributed by atoms with Crippen molar-refractivity contribution >= 4 is 17.0 Å². The minimum Gasteiger partial charge on any atom is -0.370 e. The second-order valence-electron chi connectivity index (χ2n) is 3.26. The Morgan fingerprint density at radius 1 is 1.54 bits per heavy atom. The number of rotatable bonds is 2. The highest BCUT2D eigenvalue weighted by atomic mass is 32.2. The predicted molar refractivity (Wildman–Crippen MR) is 51.9 cm³/mol. The van der Waals surface area contributed by atoms with Gasteiger partial charge in [-0.3, -0.25) is 5.41 Å². The van der Waals surface area contributed by atoms with Crippen molar-refractivity contribution in [2.24, 2.45) is 5.73 Å². The van der Waals surface area contributed by atoms with Gasteiger partial charge in [0.15, 0.2) is 17.0 Å². The molecule has 1 saturated carbocycles. The molecule has 0 aromatic heterocycles. The van der Waals surface area contributed by atoms with Gasteiger partial charge in [-0.1, -0.05) is 12.8 Å². The van der Waals surface area contributed by atoms with Crippen LogP contribution in [0.5, 0.6) is 0 Å². The Morgan fingerprint density at radius 3 is 2.69 bits per heavy atom. The lowest BCUT2D eigenvalue weighted by Crippen LogP contribution is -2.49. The van der Waals surface area contributed by atoms with E-state index < -0.39 is 11.1 Å². The molecule has 1 fully saturated rings. The summed E-state index contributed by atoms with van der Waals surface area (Å²) in [4.78, 5) is 0. The van der Waals surface area contributed by atoms with Crippen molar-refractivity contribution in [3.63, 3.8) is 0 Å². The summed E-state index contributed by atoms with van der Waals surface area (Å²) in [7, 11) is 0. The molecule has 5 nitrogen and oxygen atoms in total. The van der Waals surface area contributed by atoms with Crippen molar-refractivity contribution in [2.75, 3.05) is 0 Å². The molecule has 13 heavy (non-hydrogen) atoms. The first-order valence-electron chi connectivity index (χ1n) is 4.31. The van der Waals surface area contributed by atoms with E-state index in [1.807, 2.05) is 0 Å². The van der Waals surface area contributed by atoms with E-state index in [-0.39, 0.29) is 17.3 Å². The third kappa shape index (κ3) is 2.96. The fourth-order valence-electron chi connectivity index (χ4n) is 1.70. The molecule has 3 atom stereocenters. The zero-order valence-electron chi connectivity index (χ0n) is 7.32. The zero-order valence-corrected chi connectivity index (χ0v) is 8.14. The molecule has 1 aliphatic rings. The Bertz CT molecular complexity index is 222. The van der Waals surface area contributed by atoms with Crippen molar-refractivity contribution in [1.29, 1.82) is 5.41 Å². The summed E-state index contributed by atoms with van der Waals surface area (Å²) in [5.74, 6) is -0.123. The maximum absolute atomic E-state index is 10.9. The van der Waals surface area contributed by atoms with Crippen LogP contribution in [-0.2, 0) is 11.1 Å². The number of guanidine groups is 1. The van der Waals surface area contributed by atoms with Gasteiger partial charge < -0.3 is 15.6 Å². The molecule has 2 unspecified atom stereocenters. The topological polar surface area (TPSA) is 99.2 Å². The molecular formula is C7H15N3O2S.